The number of benzene rings is 1. The number of rotatable bonds is 8. The first kappa shape index (κ1) is 23.1. The molecule has 6 heteroatoms. The van der Waals surface area contributed by atoms with Crippen LogP contribution in [0.5, 0.6) is 0 Å². The van der Waals surface area contributed by atoms with Crippen molar-refractivity contribution in [1.29, 1.82) is 0 Å². The molecule has 3 rings (SSSR count). The summed E-state index contributed by atoms with van der Waals surface area (Å²) in [6.07, 6.45) is 2.55. The number of aromatic nitrogens is 2. The van der Waals surface area contributed by atoms with Gasteiger partial charge in [-0.1, -0.05) is 39.0 Å². The van der Waals surface area contributed by atoms with E-state index in [2.05, 4.69) is 43.8 Å². The molecule has 0 aliphatic heterocycles. The van der Waals surface area contributed by atoms with Crippen molar-refractivity contribution in [2.45, 2.75) is 65.3 Å². The Kier molecular flexibility index (Phi) is 6.92. The number of Topliss-reactive ketones (excluding diaryl/α,β-unsaturated/α-hetero) is 1. The Bertz CT molecular complexity index is 1020. The van der Waals surface area contributed by atoms with Crippen LogP contribution >= 0.6 is 0 Å². The molecule has 3 aromatic rings. The van der Waals surface area contributed by atoms with Gasteiger partial charge in [-0.2, -0.15) is 0 Å². The molecular weight excluding hydrogens is 404 g/mol. The molecule has 31 heavy (non-hydrogen) atoms. The zero-order chi connectivity index (χ0) is 22.6. The lowest BCUT2D eigenvalue weighted by molar-refractivity contribution is 0.0982. The van der Waals surface area contributed by atoms with Crippen molar-refractivity contribution >= 4 is 14.1 Å². The predicted octanol–water partition coefficient (Wildman–Crippen LogP) is 6.38. The van der Waals surface area contributed by atoms with Crippen LogP contribution in [-0.4, -0.2) is 24.1 Å². The maximum atomic E-state index is 12.6. The van der Waals surface area contributed by atoms with Crippen LogP contribution in [0.15, 0.2) is 53.1 Å². The molecule has 0 spiro atoms. The van der Waals surface area contributed by atoms with Gasteiger partial charge in [-0.05, 0) is 49.3 Å². The lowest BCUT2D eigenvalue weighted by Gasteiger charge is -2.36. The largest absolute Gasteiger partial charge is 0.441 e. The van der Waals surface area contributed by atoms with Crippen molar-refractivity contribution in [3.05, 3.63) is 71.4 Å². The minimum absolute atomic E-state index is 0.0491. The third kappa shape index (κ3) is 5.77. The predicted molar refractivity (Wildman–Crippen MR) is 126 cm³/mol. The highest BCUT2D eigenvalue weighted by molar-refractivity contribution is 6.74. The molecule has 164 valence electrons. The van der Waals surface area contributed by atoms with Crippen LogP contribution in [-0.2, 0) is 17.5 Å². The third-order valence-corrected chi connectivity index (χ3v) is 10.5. The molecule has 0 atom stereocenters. The summed E-state index contributed by atoms with van der Waals surface area (Å²) >= 11 is 0. The van der Waals surface area contributed by atoms with E-state index in [1.807, 2.05) is 49.4 Å². The smallest absolute Gasteiger partial charge is 0.226 e. The zero-order valence-electron chi connectivity index (χ0n) is 19.4. The maximum absolute atomic E-state index is 12.6. The van der Waals surface area contributed by atoms with Crippen molar-refractivity contribution in [1.82, 2.24) is 9.97 Å². The summed E-state index contributed by atoms with van der Waals surface area (Å²) < 4.78 is 12.0. The number of nitrogens with zero attached hydrogens (tertiary/aromatic N) is 2. The Labute approximate surface area is 186 Å². The number of ketones is 1. The normalized spacial score (nSPS) is 12.2. The fourth-order valence-corrected chi connectivity index (χ4v) is 3.83. The average molecular weight is 437 g/mol. The summed E-state index contributed by atoms with van der Waals surface area (Å²) in [7, 11) is -1.82. The van der Waals surface area contributed by atoms with E-state index in [0.717, 1.165) is 22.7 Å². The number of hydrogen-bond acceptors (Lipinski definition) is 5. The fourth-order valence-electron chi connectivity index (χ4n) is 2.89. The number of aryl methyl sites for hydroxylation is 2. The Morgan fingerprint density at radius 3 is 2.42 bits per heavy atom. The molecule has 2 aromatic heterocycles. The number of hydrogen-bond donors (Lipinski definition) is 0. The fraction of sp³-hybridized carbons (Fsp3) is 0.400. The zero-order valence-corrected chi connectivity index (χ0v) is 20.4. The minimum atomic E-state index is -1.82. The van der Waals surface area contributed by atoms with Gasteiger partial charge in [-0.3, -0.25) is 9.78 Å². The van der Waals surface area contributed by atoms with Gasteiger partial charge in [0.1, 0.15) is 5.76 Å². The third-order valence-electron chi connectivity index (χ3n) is 6.04. The quantitative estimate of drug-likeness (QED) is 0.303. The summed E-state index contributed by atoms with van der Waals surface area (Å²) in [5.41, 5.74) is 3.21. The van der Waals surface area contributed by atoms with Crippen LogP contribution in [0.1, 0.15) is 54.7 Å². The molecule has 0 radical (unpaired) electrons. The van der Waals surface area contributed by atoms with Gasteiger partial charge < -0.3 is 8.84 Å². The van der Waals surface area contributed by atoms with E-state index >= 15 is 0 Å². The Morgan fingerprint density at radius 1 is 1.10 bits per heavy atom. The average Bonchev–Trinajstić information content (AvgIpc) is 3.11. The molecule has 0 aliphatic carbocycles. The summed E-state index contributed by atoms with van der Waals surface area (Å²) in [5, 5.41) is 0.155. The van der Waals surface area contributed by atoms with Gasteiger partial charge in [-0.15, -0.1) is 0 Å². The SMILES string of the molecule is Cc1oc(-c2ccccc2)nc1CCC(=O)c1ccc(CO[Si](C)(C)C(C)(C)C)nc1. The van der Waals surface area contributed by atoms with E-state index in [4.69, 9.17) is 8.84 Å². The first-order valence-electron chi connectivity index (χ1n) is 10.7. The number of oxazole rings is 1. The summed E-state index contributed by atoms with van der Waals surface area (Å²) in [5.74, 6) is 1.39. The second kappa shape index (κ2) is 9.28. The molecule has 0 aliphatic rings. The number of carbonyl (C=O) groups is 1. The summed E-state index contributed by atoms with van der Waals surface area (Å²) in [4.78, 5) is 21.7. The molecule has 0 saturated carbocycles. The van der Waals surface area contributed by atoms with Crippen LogP contribution in [0.3, 0.4) is 0 Å². The van der Waals surface area contributed by atoms with Gasteiger partial charge in [0, 0.05) is 30.2 Å². The van der Waals surface area contributed by atoms with Gasteiger partial charge in [0.25, 0.3) is 0 Å². The van der Waals surface area contributed by atoms with Crippen LogP contribution in [0, 0.1) is 6.92 Å². The Balaban J connectivity index is 1.57. The van der Waals surface area contributed by atoms with Gasteiger partial charge in [0.15, 0.2) is 14.1 Å². The lowest BCUT2D eigenvalue weighted by Crippen LogP contribution is -2.40. The molecule has 0 bridgehead atoms. The van der Waals surface area contributed by atoms with E-state index in [1.54, 1.807) is 6.20 Å². The molecule has 0 N–H and O–H groups in total. The second-order valence-electron chi connectivity index (χ2n) is 9.40. The minimum Gasteiger partial charge on any atom is -0.441 e. The van der Waals surface area contributed by atoms with E-state index in [9.17, 15) is 4.79 Å². The molecule has 0 amide bonds. The van der Waals surface area contributed by atoms with Crippen molar-refractivity contribution in [3.8, 4) is 11.5 Å². The lowest BCUT2D eigenvalue weighted by atomic mass is 10.1. The molecule has 0 fully saturated rings. The maximum Gasteiger partial charge on any atom is 0.226 e. The highest BCUT2D eigenvalue weighted by Crippen LogP contribution is 2.37. The summed E-state index contributed by atoms with van der Waals surface area (Å²) in [6.45, 7) is 13.5. The number of carbonyl (C=O) groups excluding carboxylic acids is 1. The van der Waals surface area contributed by atoms with Crippen molar-refractivity contribution in [2.75, 3.05) is 0 Å². The van der Waals surface area contributed by atoms with E-state index in [0.29, 0.717) is 30.9 Å². The van der Waals surface area contributed by atoms with Crippen molar-refractivity contribution in [2.24, 2.45) is 0 Å². The topological polar surface area (TPSA) is 65.2 Å². The van der Waals surface area contributed by atoms with Gasteiger partial charge >= 0.3 is 0 Å². The Hall–Kier alpha value is -2.57. The van der Waals surface area contributed by atoms with Crippen LogP contribution in [0.2, 0.25) is 18.1 Å². The van der Waals surface area contributed by atoms with Crippen molar-refractivity contribution < 1.29 is 13.6 Å². The Morgan fingerprint density at radius 2 is 1.81 bits per heavy atom. The van der Waals surface area contributed by atoms with Gasteiger partial charge in [-0.25, -0.2) is 4.98 Å². The standard InChI is InChI=1S/C25H32N2O3Si/c1-18-22(27-24(30-18)19-10-8-7-9-11-19)14-15-23(28)20-12-13-21(26-16-20)17-29-31(5,6)25(2,3)4/h7-13,16H,14-15,17H2,1-6H3. The molecule has 1 aromatic carbocycles. The number of pyridine rings is 1. The highest BCUT2D eigenvalue weighted by Gasteiger charge is 2.37. The van der Waals surface area contributed by atoms with E-state index < -0.39 is 8.32 Å². The van der Waals surface area contributed by atoms with Crippen LogP contribution in [0.4, 0.5) is 0 Å². The second-order valence-corrected chi connectivity index (χ2v) is 14.2. The highest BCUT2D eigenvalue weighted by atomic mass is 28.4. The monoisotopic (exact) mass is 436 g/mol. The van der Waals surface area contributed by atoms with Gasteiger partial charge in [0.2, 0.25) is 5.89 Å². The van der Waals surface area contributed by atoms with E-state index in [1.165, 1.54) is 0 Å². The molecule has 0 saturated heterocycles. The van der Waals surface area contributed by atoms with Gasteiger partial charge in [0.05, 0.1) is 18.0 Å². The molecular formula is C25H32N2O3Si. The molecule has 0 unspecified atom stereocenters. The first-order chi connectivity index (χ1) is 14.6. The molecule has 5 nitrogen and oxygen atoms in total. The van der Waals surface area contributed by atoms with Crippen LogP contribution in [0.25, 0.3) is 11.5 Å². The molecule has 2 heterocycles. The summed E-state index contributed by atoms with van der Waals surface area (Å²) in [6, 6.07) is 13.5. The van der Waals surface area contributed by atoms with E-state index in [-0.39, 0.29) is 10.8 Å². The first-order valence-corrected chi connectivity index (χ1v) is 13.6. The van der Waals surface area contributed by atoms with Crippen molar-refractivity contribution in [3.63, 3.8) is 0 Å². The van der Waals surface area contributed by atoms with Crippen LogP contribution < -0.4 is 0 Å².